The average Bonchev–Trinajstić information content (AvgIpc) is 3.19. The summed E-state index contributed by atoms with van der Waals surface area (Å²) in [5, 5.41) is 8.62. The molecule has 1 aromatic heterocycles. The van der Waals surface area contributed by atoms with Crippen molar-refractivity contribution in [3.8, 4) is 17.1 Å². The van der Waals surface area contributed by atoms with Crippen LogP contribution in [-0.4, -0.2) is 20.7 Å². The van der Waals surface area contributed by atoms with Gasteiger partial charge in [0.2, 0.25) is 5.82 Å². The molecule has 1 heterocycles. The van der Waals surface area contributed by atoms with E-state index in [1.54, 1.807) is 35.0 Å². The van der Waals surface area contributed by atoms with Gasteiger partial charge < -0.3 is 5.32 Å². The van der Waals surface area contributed by atoms with Gasteiger partial charge >= 0.3 is 0 Å². The van der Waals surface area contributed by atoms with Crippen molar-refractivity contribution in [2.75, 3.05) is 5.32 Å². The lowest BCUT2D eigenvalue weighted by Crippen LogP contribution is -2.15. The number of benzene rings is 3. The molecule has 0 bridgehead atoms. The Hall–Kier alpha value is -3.15. The Morgan fingerprint density at radius 1 is 0.903 bits per heavy atom. The molecule has 0 spiro atoms. The fourth-order valence-corrected chi connectivity index (χ4v) is 3.55. The molecule has 0 atom stereocenters. The minimum atomic E-state index is -0.412. The highest BCUT2D eigenvalue weighted by molar-refractivity contribution is 6.31. The summed E-state index contributed by atoms with van der Waals surface area (Å²) < 4.78 is 1.70. The van der Waals surface area contributed by atoms with E-state index in [0.717, 1.165) is 27.9 Å². The summed E-state index contributed by atoms with van der Waals surface area (Å²) in [4.78, 5) is 17.6. The van der Waals surface area contributed by atoms with Crippen molar-refractivity contribution in [2.24, 2.45) is 0 Å². The molecule has 0 unspecified atom stereocenters. The van der Waals surface area contributed by atoms with Crippen molar-refractivity contribution in [2.45, 2.75) is 20.8 Å². The number of carbonyl (C=O) groups excluding carboxylic acids is 1. The summed E-state index contributed by atoms with van der Waals surface area (Å²) in [6.45, 7) is 5.90. The molecule has 4 rings (SSSR count). The number of amides is 1. The second-order valence-corrected chi connectivity index (χ2v) is 8.11. The van der Waals surface area contributed by atoms with Gasteiger partial charge in [-0.2, -0.15) is 0 Å². The second-order valence-electron chi connectivity index (χ2n) is 7.26. The molecule has 0 radical (unpaired) electrons. The van der Waals surface area contributed by atoms with Crippen LogP contribution in [0.25, 0.3) is 17.1 Å². The number of anilines is 1. The number of hydrogen-bond acceptors (Lipinski definition) is 3. The highest BCUT2D eigenvalue weighted by Crippen LogP contribution is 2.27. The average molecular weight is 451 g/mol. The van der Waals surface area contributed by atoms with Crippen LogP contribution in [-0.2, 0) is 0 Å². The number of aryl methyl sites for hydroxylation is 1. The van der Waals surface area contributed by atoms with Gasteiger partial charge in [-0.05, 0) is 79.9 Å². The Kier molecular flexibility index (Phi) is 5.81. The zero-order valence-electron chi connectivity index (χ0n) is 17.3. The Balaban J connectivity index is 1.81. The van der Waals surface area contributed by atoms with E-state index in [1.807, 2.05) is 51.1 Å². The van der Waals surface area contributed by atoms with Crippen LogP contribution in [0.2, 0.25) is 10.0 Å². The standard InChI is InChI=1S/C24H20Cl2N4O/c1-14-6-4-9-21(15(14)2)30-23(17-10-12-18(25)13-11-17)28-22(29-30)24(31)27-20-8-5-7-19(26)16(20)3/h4-13H,1-3H3,(H,27,31). The zero-order chi connectivity index (χ0) is 22.1. The van der Waals surface area contributed by atoms with Crippen LogP contribution in [0, 0.1) is 20.8 Å². The van der Waals surface area contributed by atoms with E-state index >= 15 is 0 Å². The third-order valence-electron chi connectivity index (χ3n) is 5.23. The highest BCUT2D eigenvalue weighted by atomic mass is 35.5. The molecule has 7 heteroatoms. The Bertz CT molecular complexity index is 1280. The van der Waals surface area contributed by atoms with Crippen molar-refractivity contribution in [3.63, 3.8) is 0 Å². The molecule has 0 aliphatic heterocycles. The van der Waals surface area contributed by atoms with Crippen LogP contribution >= 0.6 is 23.2 Å². The molecule has 0 fully saturated rings. The highest BCUT2D eigenvalue weighted by Gasteiger charge is 2.21. The molecule has 0 saturated heterocycles. The number of hydrogen-bond donors (Lipinski definition) is 1. The monoisotopic (exact) mass is 450 g/mol. The van der Waals surface area contributed by atoms with E-state index < -0.39 is 5.91 Å². The molecule has 31 heavy (non-hydrogen) atoms. The third kappa shape index (κ3) is 4.20. The first-order chi connectivity index (χ1) is 14.8. The zero-order valence-corrected chi connectivity index (χ0v) is 18.8. The van der Waals surface area contributed by atoms with Crippen molar-refractivity contribution >= 4 is 34.8 Å². The Morgan fingerprint density at radius 2 is 1.61 bits per heavy atom. The first-order valence-electron chi connectivity index (χ1n) is 9.71. The maximum absolute atomic E-state index is 13.0. The smallest absolute Gasteiger partial charge is 0.295 e. The maximum Gasteiger partial charge on any atom is 0.295 e. The summed E-state index contributed by atoms with van der Waals surface area (Å²) >= 11 is 12.2. The largest absolute Gasteiger partial charge is 0.319 e. The van der Waals surface area contributed by atoms with Crippen molar-refractivity contribution < 1.29 is 4.79 Å². The van der Waals surface area contributed by atoms with Gasteiger partial charge in [0.25, 0.3) is 5.91 Å². The van der Waals surface area contributed by atoms with Gasteiger partial charge in [-0.3, -0.25) is 4.79 Å². The maximum atomic E-state index is 13.0. The van der Waals surface area contributed by atoms with E-state index in [2.05, 4.69) is 15.4 Å². The van der Waals surface area contributed by atoms with Crippen molar-refractivity contribution in [3.05, 3.63) is 93.2 Å². The number of nitrogens with one attached hydrogen (secondary N) is 1. The summed E-state index contributed by atoms with van der Waals surface area (Å²) in [7, 11) is 0. The molecule has 1 N–H and O–H groups in total. The number of carbonyl (C=O) groups is 1. The fraction of sp³-hybridized carbons (Fsp3) is 0.125. The van der Waals surface area contributed by atoms with Gasteiger partial charge in [-0.15, -0.1) is 5.10 Å². The minimum Gasteiger partial charge on any atom is -0.319 e. The van der Waals surface area contributed by atoms with Gasteiger partial charge in [0, 0.05) is 21.3 Å². The lowest BCUT2D eigenvalue weighted by atomic mass is 10.1. The summed E-state index contributed by atoms with van der Waals surface area (Å²) in [5.74, 6) is 0.202. The van der Waals surface area contributed by atoms with Gasteiger partial charge in [0.05, 0.1) is 5.69 Å². The van der Waals surface area contributed by atoms with Crippen LogP contribution in [0.4, 0.5) is 5.69 Å². The van der Waals surface area contributed by atoms with Gasteiger partial charge in [0.1, 0.15) is 0 Å². The van der Waals surface area contributed by atoms with Crippen LogP contribution in [0.5, 0.6) is 0 Å². The summed E-state index contributed by atoms with van der Waals surface area (Å²) in [6, 6.07) is 18.6. The molecule has 156 valence electrons. The first-order valence-corrected chi connectivity index (χ1v) is 10.5. The fourth-order valence-electron chi connectivity index (χ4n) is 3.25. The topological polar surface area (TPSA) is 59.8 Å². The molecule has 0 aliphatic carbocycles. The molecule has 3 aromatic carbocycles. The van der Waals surface area contributed by atoms with E-state index in [-0.39, 0.29) is 5.82 Å². The number of halogens is 2. The minimum absolute atomic E-state index is 0.0604. The SMILES string of the molecule is Cc1cccc(-n2nc(C(=O)Nc3cccc(Cl)c3C)nc2-c2ccc(Cl)cc2)c1C. The van der Waals surface area contributed by atoms with Gasteiger partial charge in [0.15, 0.2) is 5.82 Å². The molecule has 0 aliphatic rings. The normalized spacial score (nSPS) is 10.9. The molecular formula is C24H20Cl2N4O. The molecular weight excluding hydrogens is 431 g/mol. The molecule has 5 nitrogen and oxygen atoms in total. The van der Waals surface area contributed by atoms with Gasteiger partial charge in [-0.1, -0.05) is 41.4 Å². The molecule has 1 amide bonds. The predicted octanol–water partition coefficient (Wildman–Crippen LogP) is 6.42. The van der Waals surface area contributed by atoms with E-state index in [4.69, 9.17) is 23.2 Å². The number of rotatable bonds is 4. The summed E-state index contributed by atoms with van der Waals surface area (Å²) in [6.07, 6.45) is 0. The molecule has 0 saturated carbocycles. The second kappa shape index (κ2) is 8.53. The lowest BCUT2D eigenvalue weighted by Gasteiger charge is -2.11. The van der Waals surface area contributed by atoms with Crippen LogP contribution in [0.1, 0.15) is 27.3 Å². The quantitative estimate of drug-likeness (QED) is 0.390. The molecule has 4 aromatic rings. The number of nitrogens with zero attached hydrogens (tertiary/aromatic N) is 3. The Labute approximate surface area is 190 Å². The van der Waals surface area contributed by atoms with Crippen molar-refractivity contribution in [1.29, 1.82) is 0 Å². The van der Waals surface area contributed by atoms with Crippen molar-refractivity contribution in [1.82, 2.24) is 14.8 Å². The van der Waals surface area contributed by atoms with Crippen LogP contribution in [0.15, 0.2) is 60.7 Å². The Morgan fingerprint density at radius 3 is 2.35 bits per heavy atom. The lowest BCUT2D eigenvalue weighted by molar-refractivity contribution is 0.101. The van der Waals surface area contributed by atoms with Crippen LogP contribution in [0.3, 0.4) is 0 Å². The third-order valence-corrected chi connectivity index (χ3v) is 5.89. The van der Waals surface area contributed by atoms with Gasteiger partial charge in [-0.25, -0.2) is 9.67 Å². The van der Waals surface area contributed by atoms with Crippen LogP contribution < -0.4 is 5.32 Å². The van der Waals surface area contributed by atoms with E-state index in [0.29, 0.717) is 21.6 Å². The summed E-state index contributed by atoms with van der Waals surface area (Å²) in [5.41, 5.74) is 5.24. The number of aromatic nitrogens is 3. The first kappa shape index (κ1) is 21.1. The van der Waals surface area contributed by atoms with E-state index in [9.17, 15) is 4.79 Å². The predicted molar refractivity (Wildman–Crippen MR) is 125 cm³/mol. The van der Waals surface area contributed by atoms with E-state index in [1.165, 1.54) is 0 Å².